The molecule has 0 aromatic heterocycles. The maximum absolute atomic E-state index is 11.8. The summed E-state index contributed by atoms with van der Waals surface area (Å²) in [5.74, 6) is 0.496. The van der Waals surface area contributed by atoms with E-state index in [9.17, 15) is 4.79 Å². The van der Waals surface area contributed by atoms with Crippen molar-refractivity contribution in [2.45, 2.75) is 58.3 Å². The average Bonchev–Trinajstić information content (AvgIpc) is 2.53. The van der Waals surface area contributed by atoms with Gasteiger partial charge >= 0.3 is 5.97 Å². The lowest BCUT2D eigenvalue weighted by Crippen LogP contribution is -2.06. The molecule has 0 N–H and O–H groups in total. The minimum atomic E-state index is -0.249. The number of benzene rings is 1. The highest BCUT2D eigenvalue weighted by atomic mass is 16.5. The third-order valence-electron chi connectivity index (χ3n) is 3.56. The second-order valence-electron chi connectivity index (χ2n) is 5.34. The van der Waals surface area contributed by atoms with Gasteiger partial charge in [-0.2, -0.15) is 0 Å². The van der Waals surface area contributed by atoms with Crippen molar-refractivity contribution >= 4 is 5.97 Å². The topological polar surface area (TPSA) is 35.5 Å². The molecule has 1 aromatic carbocycles. The molecule has 21 heavy (non-hydrogen) atoms. The van der Waals surface area contributed by atoms with Gasteiger partial charge < -0.3 is 9.47 Å². The van der Waals surface area contributed by atoms with E-state index in [1.165, 1.54) is 38.5 Å². The summed E-state index contributed by atoms with van der Waals surface area (Å²) in [5, 5.41) is 0. The molecule has 0 saturated carbocycles. The minimum absolute atomic E-state index is 0.249. The summed E-state index contributed by atoms with van der Waals surface area (Å²) in [5.41, 5.74) is 0.579. The van der Waals surface area contributed by atoms with Crippen molar-refractivity contribution in [1.82, 2.24) is 0 Å². The van der Waals surface area contributed by atoms with E-state index in [0.29, 0.717) is 12.2 Å². The van der Waals surface area contributed by atoms with Gasteiger partial charge in [0.2, 0.25) is 0 Å². The van der Waals surface area contributed by atoms with Crippen LogP contribution in [0.1, 0.15) is 68.6 Å². The van der Waals surface area contributed by atoms with Crippen molar-refractivity contribution in [3.63, 3.8) is 0 Å². The fourth-order valence-corrected chi connectivity index (χ4v) is 2.21. The smallest absolute Gasteiger partial charge is 0.338 e. The molecule has 0 aliphatic heterocycles. The van der Waals surface area contributed by atoms with Gasteiger partial charge in [0.05, 0.1) is 19.3 Å². The number of carbonyl (C=O) groups excluding carboxylic acids is 1. The molecule has 0 spiro atoms. The zero-order valence-electron chi connectivity index (χ0n) is 13.4. The van der Waals surface area contributed by atoms with Crippen molar-refractivity contribution in [3.8, 4) is 5.75 Å². The number of methoxy groups -OCH3 is 1. The Bertz CT molecular complexity index is 384. The van der Waals surface area contributed by atoms with Crippen LogP contribution in [0.5, 0.6) is 5.75 Å². The van der Waals surface area contributed by atoms with Crippen LogP contribution in [0.3, 0.4) is 0 Å². The van der Waals surface area contributed by atoms with E-state index >= 15 is 0 Å². The Kier molecular flexibility index (Phi) is 9.34. The third kappa shape index (κ3) is 7.74. The highest BCUT2D eigenvalue weighted by molar-refractivity contribution is 5.89. The van der Waals surface area contributed by atoms with Gasteiger partial charge in [-0.05, 0) is 30.7 Å². The number of esters is 1. The Morgan fingerprint density at radius 1 is 0.905 bits per heavy atom. The van der Waals surface area contributed by atoms with Gasteiger partial charge in [0.15, 0.2) is 0 Å². The zero-order valence-corrected chi connectivity index (χ0v) is 13.4. The Labute approximate surface area is 128 Å². The molecule has 0 radical (unpaired) electrons. The molecule has 0 bridgehead atoms. The lowest BCUT2D eigenvalue weighted by Gasteiger charge is -2.06. The van der Waals surface area contributed by atoms with Crippen LogP contribution in [0.15, 0.2) is 24.3 Å². The number of carbonyl (C=O) groups is 1. The summed E-state index contributed by atoms with van der Waals surface area (Å²) in [6.45, 7) is 2.75. The predicted octanol–water partition coefficient (Wildman–Crippen LogP) is 4.99. The number of ether oxygens (including phenoxy) is 2. The Morgan fingerprint density at radius 3 is 2.05 bits per heavy atom. The van der Waals surface area contributed by atoms with Crippen LogP contribution in [-0.4, -0.2) is 19.7 Å². The molecule has 3 heteroatoms. The molecule has 0 amide bonds. The van der Waals surface area contributed by atoms with Crippen molar-refractivity contribution < 1.29 is 14.3 Å². The Balaban J connectivity index is 2.05. The molecule has 1 aromatic rings. The van der Waals surface area contributed by atoms with Gasteiger partial charge in [-0.1, -0.05) is 51.9 Å². The van der Waals surface area contributed by atoms with Crippen LogP contribution < -0.4 is 4.74 Å². The van der Waals surface area contributed by atoms with Crippen LogP contribution in [0, 0.1) is 0 Å². The second-order valence-corrected chi connectivity index (χ2v) is 5.34. The SMILES string of the molecule is CCCCCCCCCCOC(=O)c1ccc(OC)cc1. The number of hydrogen-bond donors (Lipinski definition) is 0. The van der Waals surface area contributed by atoms with Crippen molar-refractivity contribution in [1.29, 1.82) is 0 Å². The summed E-state index contributed by atoms with van der Waals surface area (Å²) in [4.78, 5) is 11.8. The van der Waals surface area contributed by atoms with Gasteiger partial charge in [-0.3, -0.25) is 0 Å². The summed E-state index contributed by atoms with van der Waals surface area (Å²) in [6, 6.07) is 7.00. The minimum Gasteiger partial charge on any atom is -0.497 e. The molecule has 1 rings (SSSR count). The second kappa shape index (κ2) is 11.2. The van der Waals surface area contributed by atoms with E-state index in [1.54, 1.807) is 31.4 Å². The van der Waals surface area contributed by atoms with Crippen LogP contribution >= 0.6 is 0 Å². The zero-order chi connectivity index (χ0) is 15.3. The Hall–Kier alpha value is -1.51. The maximum Gasteiger partial charge on any atom is 0.338 e. The van der Waals surface area contributed by atoms with E-state index in [1.807, 2.05) is 0 Å². The molecule has 0 aliphatic rings. The molecule has 0 saturated heterocycles. The maximum atomic E-state index is 11.8. The van der Waals surface area contributed by atoms with Gasteiger partial charge in [0.25, 0.3) is 0 Å². The van der Waals surface area contributed by atoms with Crippen LogP contribution in [0.4, 0.5) is 0 Å². The van der Waals surface area contributed by atoms with E-state index in [0.717, 1.165) is 18.6 Å². The summed E-state index contributed by atoms with van der Waals surface area (Å²) in [6.07, 6.45) is 9.96. The first-order valence-corrected chi connectivity index (χ1v) is 8.09. The van der Waals surface area contributed by atoms with Crippen LogP contribution in [0.2, 0.25) is 0 Å². The fraction of sp³-hybridized carbons (Fsp3) is 0.611. The van der Waals surface area contributed by atoms with E-state index in [-0.39, 0.29) is 5.97 Å². The normalized spacial score (nSPS) is 10.4. The van der Waals surface area contributed by atoms with Crippen molar-refractivity contribution in [3.05, 3.63) is 29.8 Å². The van der Waals surface area contributed by atoms with Gasteiger partial charge in [0.1, 0.15) is 5.75 Å². The highest BCUT2D eigenvalue weighted by Crippen LogP contribution is 2.13. The lowest BCUT2D eigenvalue weighted by atomic mass is 10.1. The summed E-state index contributed by atoms with van der Waals surface area (Å²) >= 11 is 0. The van der Waals surface area contributed by atoms with E-state index in [2.05, 4.69) is 6.92 Å². The number of hydrogen-bond acceptors (Lipinski definition) is 3. The highest BCUT2D eigenvalue weighted by Gasteiger charge is 2.06. The molecule has 0 fully saturated rings. The summed E-state index contributed by atoms with van der Waals surface area (Å²) < 4.78 is 10.3. The largest absolute Gasteiger partial charge is 0.497 e. The predicted molar refractivity (Wildman–Crippen MR) is 85.9 cm³/mol. The molecule has 3 nitrogen and oxygen atoms in total. The third-order valence-corrected chi connectivity index (χ3v) is 3.56. The molecule has 0 heterocycles. The van der Waals surface area contributed by atoms with Gasteiger partial charge in [-0.15, -0.1) is 0 Å². The van der Waals surface area contributed by atoms with Crippen LogP contribution in [0.25, 0.3) is 0 Å². The van der Waals surface area contributed by atoms with Gasteiger partial charge in [0, 0.05) is 0 Å². The molecule has 0 aliphatic carbocycles. The Morgan fingerprint density at radius 2 is 1.48 bits per heavy atom. The molecule has 118 valence electrons. The van der Waals surface area contributed by atoms with E-state index in [4.69, 9.17) is 9.47 Å². The summed E-state index contributed by atoms with van der Waals surface area (Å²) in [7, 11) is 1.61. The molecule has 0 unspecified atom stereocenters. The fourth-order valence-electron chi connectivity index (χ4n) is 2.21. The van der Waals surface area contributed by atoms with Crippen molar-refractivity contribution in [2.24, 2.45) is 0 Å². The standard InChI is InChI=1S/C18H28O3/c1-3-4-5-6-7-8-9-10-15-21-18(19)16-11-13-17(20-2)14-12-16/h11-14H,3-10,15H2,1-2H3. The lowest BCUT2D eigenvalue weighted by molar-refractivity contribution is 0.0497. The monoisotopic (exact) mass is 292 g/mol. The molecule has 0 atom stereocenters. The molecular formula is C18H28O3. The quantitative estimate of drug-likeness (QED) is 0.425. The van der Waals surface area contributed by atoms with Gasteiger partial charge in [-0.25, -0.2) is 4.79 Å². The first kappa shape index (κ1) is 17.5. The van der Waals surface area contributed by atoms with E-state index < -0.39 is 0 Å². The number of unbranched alkanes of at least 4 members (excludes halogenated alkanes) is 7. The first-order valence-electron chi connectivity index (χ1n) is 8.09. The average molecular weight is 292 g/mol. The first-order chi connectivity index (χ1) is 10.3. The van der Waals surface area contributed by atoms with Crippen LogP contribution in [-0.2, 0) is 4.74 Å². The molecular weight excluding hydrogens is 264 g/mol. The number of rotatable bonds is 11. The van der Waals surface area contributed by atoms with Crippen molar-refractivity contribution in [2.75, 3.05) is 13.7 Å².